The Morgan fingerprint density at radius 3 is 1.70 bits per heavy atom. The molecule has 0 aliphatic heterocycles. The monoisotopic (exact) mass is 396 g/mol. The summed E-state index contributed by atoms with van der Waals surface area (Å²) in [5.41, 5.74) is 25.1. The molecule has 0 spiro atoms. The van der Waals surface area contributed by atoms with Gasteiger partial charge < -0.3 is 0 Å². The maximum Gasteiger partial charge on any atom is 0.0126 e. The predicted molar refractivity (Wildman–Crippen MR) is 130 cm³/mol. The summed E-state index contributed by atoms with van der Waals surface area (Å²) in [6, 6.07) is 0. The van der Waals surface area contributed by atoms with Crippen molar-refractivity contribution in [1.29, 1.82) is 0 Å². The van der Waals surface area contributed by atoms with Crippen molar-refractivity contribution in [2.45, 2.75) is 88.0 Å². The van der Waals surface area contributed by atoms with Gasteiger partial charge in [-0.25, -0.2) is 0 Å². The van der Waals surface area contributed by atoms with Crippen LogP contribution in [0, 0.1) is 47.5 Å². The van der Waals surface area contributed by atoms with Crippen molar-refractivity contribution >= 4 is 0 Å². The zero-order chi connectivity index (χ0) is 21.8. The molecule has 0 radical (unpaired) electrons. The molecule has 3 aliphatic rings. The summed E-state index contributed by atoms with van der Waals surface area (Å²) < 4.78 is 0. The van der Waals surface area contributed by atoms with Gasteiger partial charge in [-0.1, -0.05) is 11.1 Å². The van der Waals surface area contributed by atoms with E-state index in [0.717, 1.165) is 6.42 Å². The average molecular weight is 397 g/mol. The lowest BCUT2D eigenvalue weighted by Crippen LogP contribution is -2.18. The fraction of sp³-hybridized carbons (Fsp3) is 0.467. The van der Waals surface area contributed by atoms with Crippen molar-refractivity contribution in [3.63, 3.8) is 0 Å². The molecular weight excluding hydrogens is 360 g/mol. The first kappa shape index (κ1) is 19.9. The zero-order valence-corrected chi connectivity index (χ0v) is 20.6. The molecule has 0 saturated heterocycles. The quantitative estimate of drug-likeness (QED) is 0.360. The first-order valence-corrected chi connectivity index (χ1v) is 11.7. The van der Waals surface area contributed by atoms with E-state index in [1.807, 2.05) is 0 Å². The highest BCUT2D eigenvalue weighted by Gasteiger charge is 2.42. The van der Waals surface area contributed by atoms with E-state index >= 15 is 0 Å². The van der Waals surface area contributed by atoms with Crippen LogP contribution in [0.5, 0.6) is 0 Å². The minimum Gasteiger partial charge on any atom is -0.0658 e. The Morgan fingerprint density at radius 2 is 1.03 bits per heavy atom. The molecule has 0 bridgehead atoms. The summed E-state index contributed by atoms with van der Waals surface area (Å²) in [5.74, 6) is 1.23. The molecule has 156 valence electrons. The minimum absolute atomic E-state index is 0.574. The van der Waals surface area contributed by atoms with E-state index in [9.17, 15) is 0 Å². The van der Waals surface area contributed by atoms with Gasteiger partial charge in [-0.15, -0.1) is 0 Å². The number of benzene rings is 2. The van der Waals surface area contributed by atoms with Crippen LogP contribution in [0.25, 0.3) is 11.1 Å². The highest BCUT2D eigenvalue weighted by molar-refractivity contribution is 5.87. The molecule has 0 nitrogen and oxygen atoms in total. The van der Waals surface area contributed by atoms with Crippen LogP contribution in [0.4, 0.5) is 0 Å². The third kappa shape index (κ3) is 2.18. The van der Waals surface area contributed by atoms with Gasteiger partial charge in [0.2, 0.25) is 0 Å². The van der Waals surface area contributed by atoms with E-state index in [0.29, 0.717) is 11.8 Å². The van der Waals surface area contributed by atoms with Crippen LogP contribution >= 0.6 is 0 Å². The largest absolute Gasteiger partial charge is 0.0658 e. The van der Waals surface area contributed by atoms with Crippen LogP contribution in [0.1, 0.15) is 89.2 Å². The molecule has 2 aromatic rings. The van der Waals surface area contributed by atoms with Gasteiger partial charge in [-0.05, 0) is 166 Å². The molecule has 0 saturated carbocycles. The molecule has 3 aliphatic carbocycles. The maximum absolute atomic E-state index is 2.43. The molecule has 0 amide bonds. The molecular formula is C30H36. The van der Waals surface area contributed by atoms with Crippen molar-refractivity contribution < 1.29 is 0 Å². The smallest absolute Gasteiger partial charge is 0.0126 e. The molecule has 30 heavy (non-hydrogen) atoms. The number of rotatable bonds is 0. The molecule has 2 unspecified atom stereocenters. The van der Waals surface area contributed by atoms with Gasteiger partial charge in [0.15, 0.2) is 0 Å². The summed E-state index contributed by atoms with van der Waals surface area (Å²) in [5, 5.41) is 0. The number of hydrogen-bond donors (Lipinski definition) is 0. The topological polar surface area (TPSA) is 0 Å². The summed E-state index contributed by atoms with van der Waals surface area (Å²) >= 11 is 0. The van der Waals surface area contributed by atoms with E-state index in [-0.39, 0.29) is 0 Å². The summed E-state index contributed by atoms with van der Waals surface area (Å²) in [6.07, 6.45) is 2.34. The highest BCUT2D eigenvalue weighted by Crippen LogP contribution is 2.57. The second-order valence-electron chi connectivity index (χ2n) is 10.4. The first-order valence-electron chi connectivity index (χ1n) is 11.7. The third-order valence-corrected chi connectivity index (χ3v) is 9.64. The lowest BCUT2D eigenvalue weighted by molar-refractivity contribution is 0.555. The molecule has 0 heterocycles. The second kappa shape index (κ2) is 6.22. The van der Waals surface area contributed by atoms with Gasteiger partial charge in [-0.2, -0.15) is 0 Å². The third-order valence-electron chi connectivity index (χ3n) is 9.64. The molecule has 0 fully saturated rings. The lowest BCUT2D eigenvalue weighted by atomic mass is 9.72. The van der Waals surface area contributed by atoms with Crippen molar-refractivity contribution in [3.8, 4) is 11.1 Å². The molecule has 2 atom stereocenters. The Hall–Kier alpha value is -2.08. The van der Waals surface area contributed by atoms with Gasteiger partial charge in [0.05, 0.1) is 0 Å². The summed E-state index contributed by atoms with van der Waals surface area (Å²) in [4.78, 5) is 0. The number of fused-ring (bicyclic) bond motifs is 6. The van der Waals surface area contributed by atoms with Gasteiger partial charge in [-0.3, -0.25) is 0 Å². The van der Waals surface area contributed by atoms with E-state index in [4.69, 9.17) is 0 Å². The van der Waals surface area contributed by atoms with Crippen LogP contribution < -0.4 is 0 Å². The van der Waals surface area contributed by atoms with Gasteiger partial charge in [0.1, 0.15) is 0 Å². The lowest BCUT2D eigenvalue weighted by Gasteiger charge is -2.32. The maximum atomic E-state index is 2.43. The van der Waals surface area contributed by atoms with Crippen molar-refractivity contribution in [1.82, 2.24) is 0 Å². The Kier molecular flexibility index (Phi) is 4.12. The standard InChI is InChI=1S/C30H36/c1-13-15(3)19(7)27-23(17(13)5)11-25-21(9)26-12-24-18(6)14(2)16(4)20(8)28(24)30(26)22(10)29(25)27/h23,27H,11-12H2,1-10H3. The first-order chi connectivity index (χ1) is 14.1. The average Bonchev–Trinajstić information content (AvgIpc) is 3.32. The van der Waals surface area contributed by atoms with Gasteiger partial charge in [0.25, 0.3) is 0 Å². The van der Waals surface area contributed by atoms with Crippen LogP contribution in [-0.2, 0) is 12.8 Å². The minimum atomic E-state index is 0.574. The fourth-order valence-electron chi connectivity index (χ4n) is 7.09. The predicted octanol–water partition coefficient (Wildman–Crippen LogP) is 8.05. The van der Waals surface area contributed by atoms with Crippen LogP contribution in [0.3, 0.4) is 0 Å². The number of allylic oxidation sites excluding steroid dienone is 4. The van der Waals surface area contributed by atoms with E-state index in [1.54, 1.807) is 55.7 Å². The van der Waals surface area contributed by atoms with E-state index < -0.39 is 0 Å². The van der Waals surface area contributed by atoms with E-state index in [1.165, 1.54) is 39.8 Å². The van der Waals surface area contributed by atoms with Crippen molar-refractivity contribution in [2.75, 3.05) is 0 Å². The van der Waals surface area contributed by atoms with Crippen LogP contribution in [0.15, 0.2) is 22.3 Å². The molecule has 0 N–H and O–H groups in total. The number of hydrogen-bond acceptors (Lipinski definition) is 0. The zero-order valence-electron chi connectivity index (χ0n) is 20.6. The molecule has 5 rings (SSSR count). The van der Waals surface area contributed by atoms with Gasteiger partial charge >= 0.3 is 0 Å². The van der Waals surface area contributed by atoms with Crippen molar-refractivity contribution in [3.05, 3.63) is 77.9 Å². The SMILES string of the molecule is CC1=C(C)C2Cc3c(C)c4c(c(C)c3C2C(C)=C1C)-c1c(C)c(C)c(C)c(C)c1C4. The summed E-state index contributed by atoms with van der Waals surface area (Å²) in [7, 11) is 0. The highest BCUT2D eigenvalue weighted by atomic mass is 14.5. The van der Waals surface area contributed by atoms with Crippen LogP contribution in [0.2, 0.25) is 0 Å². The summed E-state index contributed by atoms with van der Waals surface area (Å²) in [6.45, 7) is 23.6. The fourth-order valence-corrected chi connectivity index (χ4v) is 7.09. The Balaban J connectivity index is 1.84. The van der Waals surface area contributed by atoms with Gasteiger partial charge in [0, 0.05) is 5.92 Å². The molecule has 0 heteroatoms. The molecule has 0 aromatic heterocycles. The Bertz CT molecular complexity index is 1230. The molecule has 2 aromatic carbocycles. The van der Waals surface area contributed by atoms with Crippen LogP contribution in [-0.4, -0.2) is 0 Å². The second-order valence-corrected chi connectivity index (χ2v) is 10.4. The normalized spacial score (nSPS) is 21.8. The Labute approximate surface area is 183 Å². The van der Waals surface area contributed by atoms with E-state index in [2.05, 4.69) is 69.2 Å². The Morgan fingerprint density at radius 1 is 0.500 bits per heavy atom. The van der Waals surface area contributed by atoms with Crippen molar-refractivity contribution in [2.24, 2.45) is 5.92 Å².